The van der Waals surface area contributed by atoms with E-state index in [9.17, 15) is 4.39 Å². The van der Waals surface area contributed by atoms with E-state index in [0.29, 0.717) is 19.8 Å². The molecule has 1 aromatic carbocycles. The molecule has 0 fully saturated rings. The van der Waals surface area contributed by atoms with Gasteiger partial charge in [-0.25, -0.2) is 4.39 Å². The van der Waals surface area contributed by atoms with Gasteiger partial charge in [0.05, 0.1) is 24.8 Å². The molecule has 19 heavy (non-hydrogen) atoms. The van der Waals surface area contributed by atoms with Gasteiger partial charge in [-0.3, -0.25) is 0 Å². The third-order valence-corrected chi connectivity index (χ3v) is 3.00. The van der Waals surface area contributed by atoms with Crippen molar-refractivity contribution in [3.63, 3.8) is 0 Å². The number of likely N-dealkylation sites (N-methyl/N-ethyl adjacent to an activating group) is 1. The molecule has 1 N–H and O–H groups in total. The van der Waals surface area contributed by atoms with Gasteiger partial charge in [0.1, 0.15) is 5.82 Å². The van der Waals surface area contributed by atoms with Gasteiger partial charge >= 0.3 is 0 Å². The molecule has 1 rings (SSSR count). The average Bonchev–Trinajstić information content (AvgIpc) is 2.39. The predicted molar refractivity (Wildman–Crippen MR) is 75.3 cm³/mol. The molecule has 1 atom stereocenters. The van der Waals surface area contributed by atoms with Gasteiger partial charge in [-0.05, 0) is 30.7 Å². The lowest BCUT2D eigenvalue weighted by Gasteiger charge is -2.18. The van der Waals surface area contributed by atoms with E-state index in [2.05, 4.69) is 5.32 Å². The van der Waals surface area contributed by atoms with Crippen LogP contribution in [0.4, 0.5) is 4.39 Å². The molecule has 0 aliphatic carbocycles. The second-order valence-corrected chi connectivity index (χ2v) is 4.68. The van der Waals surface area contributed by atoms with Crippen molar-refractivity contribution in [3.05, 3.63) is 34.6 Å². The molecule has 0 aliphatic heterocycles. The highest BCUT2D eigenvalue weighted by molar-refractivity contribution is 6.30. The van der Waals surface area contributed by atoms with E-state index in [1.54, 1.807) is 19.2 Å². The van der Waals surface area contributed by atoms with Crippen LogP contribution in [0.5, 0.6) is 0 Å². The molecular weight excluding hydrogens is 269 g/mol. The highest BCUT2D eigenvalue weighted by Gasteiger charge is 2.10. The summed E-state index contributed by atoms with van der Waals surface area (Å²) in [7, 11) is 1.64. The third kappa shape index (κ3) is 6.34. The quantitative estimate of drug-likeness (QED) is 0.709. The molecule has 0 aliphatic rings. The van der Waals surface area contributed by atoms with Crippen LogP contribution in [0.1, 0.15) is 12.5 Å². The van der Waals surface area contributed by atoms with Gasteiger partial charge in [0.25, 0.3) is 0 Å². The second-order valence-electron chi connectivity index (χ2n) is 4.27. The number of halogens is 2. The average molecular weight is 290 g/mol. The molecule has 3 nitrogen and oxygen atoms in total. The molecular formula is C14H21ClFNO2. The Kier molecular flexibility index (Phi) is 7.98. The molecule has 0 saturated carbocycles. The fourth-order valence-corrected chi connectivity index (χ4v) is 2.00. The Bertz CT molecular complexity index is 376. The van der Waals surface area contributed by atoms with Crippen molar-refractivity contribution < 1.29 is 13.9 Å². The van der Waals surface area contributed by atoms with E-state index in [1.807, 2.05) is 6.92 Å². The first kappa shape index (κ1) is 16.4. The summed E-state index contributed by atoms with van der Waals surface area (Å²) < 4.78 is 23.5. The number of rotatable bonds is 9. The van der Waals surface area contributed by atoms with Crippen LogP contribution in [0.3, 0.4) is 0 Å². The Morgan fingerprint density at radius 1 is 1.37 bits per heavy atom. The van der Waals surface area contributed by atoms with Crippen molar-refractivity contribution in [2.24, 2.45) is 0 Å². The van der Waals surface area contributed by atoms with E-state index in [0.717, 1.165) is 18.5 Å². The molecule has 0 spiro atoms. The van der Waals surface area contributed by atoms with Crippen molar-refractivity contribution in [1.82, 2.24) is 5.32 Å². The lowest BCUT2D eigenvalue weighted by Crippen LogP contribution is -2.35. The number of benzene rings is 1. The summed E-state index contributed by atoms with van der Waals surface area (Å²) >= 11 is 5.78. The van der Waals surface area contributed by atoms with E-state index in [-0.39, 0.29) is 16.9 Å². The fraction of sp³-hybridized carbons (Fsp3) is 0.571. The smallest absolute Gasteiger partial charge is 0.141 e. The zero-order valence-electron chi connectivity index (χ0n) is 11.4. The van der Waals surface area contributed by atoms with Gasteiger partial charge in [0.15, 0.2) is 0 Å². The number of nitrogens with one attached hydrogen (secondary N) is 1. The fourth-order valence-electron chi connectivity index (χ4n) is 1.80. The summed E-state index contributed by atoms with van der Waals surface area (Å²) in [6.07, 6.45) is 0.751. The molecule has 0 saturated heterocycles. The lowest BCUT2D eigenvalue weighted by atomic mass is 10.1. The normalized spacial score (nSPS) is 12.6. The summed E-state index contributed by atoms with van der Waals surface area (Å²) in [5, 5.41) is 3.50. The van der Waals surface area contributed by atoms with Crippen LogP contribution >= 0.6 is 11.6 Å². The number of hydrogen-bond acceptors (Lipinski definition) is 3. The molecule has 5 heteroatoms. The van der Waals surface area contributed by atoms with Crippen LogP contribution in [0.25, 0.3) is 0 Å². The minimum atomic E-state index is -0.387. The Balaban J connectivity index is 2.49. The minimum Gasteiger partial charge on any atom is -0.382 e. The summed E-state index contributed by atoms with van der Waals surface area (Å²) in [5.41, 5.74) is 0.993. The second kappa shape index (κ2) is 9.26. The molecule has 0 radical (unpaired) electrons. The summed E-state index contributed by atoms with van der Waals surface area (Å²) in [6, 6.07) is 4.99. The monoisotopic (exact) mass is 289 g/mol. The van der Waals surface area contributed by atoms with Crippen LogP contribution in [-0.4, -0.2) is 39.5 Å². The molecule has 0 bridgehead atoms. The van der Waals surface area contributed by atoms with Crippen molar-refractivity contribution in [2.75, 3.05) is 33.5 Å². The van der Waals surface area contributed by atoms with Crippen LogP contribution in [0.15, 0.2) is 18.2 Å². The van der Waals surface area contributed by atoms with Gasteiger partial charge in [0, 0.05) is 13.2 Å². The van der Waals surface area contributed by atoms with Crippen LogP contribution in [-0.2, 0) is 15.9 Å². The maximum atomic E-state index is 13.1. The first-order valence-electron chi connectivity index (χ1n) is 6.41. The maximum absolute atomic E-state index is 13.1. The maximum Gasteiger partial charge on any atom is 0.141 e. The van der Waals surface area contributed by atoms with Crippen molar-refractivity contribution in [2.45, 2.75) is 19.4 Å². The van der Waals surface area contributed by atoms with Crippen LogP contribution < -0.4 is 5.32 Å². The molecule has 1 aromatic rings. The van der Waals surface area contributed by atoms with Gasteiger partial charge < -0.3 is 14.8 Å². The minimum absolute atomic E-state index is 0.160. The van der Waals surface area contributed by atoms with Gasteiger partial charge in [-0.2, -0.15) is 0 Å². The Morgan fingerprint density at radius 2 is 2.16 bits per heavy atom. The van der Waals surface area contributed by atoms with Crippen molar-refractivity contribution >= 4 is 11.6 Å². The van der Waals surface area contributed by atoms with Crippen molar-refractivity contribution in [3.8, 4) is 0 Å². The summed E-state index contributed by atoms with van der Waals surface area (Å²) in [6.45, 7) is 4.64. The predicted octanol–water partition coefficient (Wildman–Crippen LogP) is 2.66. The number of hydrogen-bond donors (Lipinski definition) is 1. The first-order chi connectivity index (χ1) is 9.17. The SMILES string of the molecule is CCNC(COCCOC)Cc1ccc(F)c(Cl)c1. The zero-order valence-corrected chi connectivity index (χ0v) is 12.2. The van der Waals surface area contributed by atoms with Crippen LogP contribution in [0.2, 0.25) is 5.02 Å². The highest BCUT2D eigenvalue weighted by Crippen LogP contribution is 2.17. The van der Waals surface area contributed by atoms with Crippen LogP contribution in [0, 0.1) is 5.82 Å². The Morgan fingerprint density at radius 3 is 2.79 bits per heavy atom. The number of ether oxygens (including phenoxy) is 2. The van der Waals surface area contributed by atoms with E-state index < -0.39 is 0 Å². The molecule has 1 unspecified atom stereocenters. The summed E-state index contributed by atoms with van der Waals surface area (Å²) in [5.74, 6) is -0.387. The topological polar surface area (TPSA) is 30.5 Å². The summed E-state index contributed by atoms with van der Waals surface area (Å²) in [4.78, 5) is 0. The van der Waals surface area contributed by atoms with Gasteiger partial charge in [0.2, 0.25) is 0 Å². The molecule has 0 aromatic heterocycles. The van der Waals surface area contributed by atoms with E-state index in [4.69, 9.17) is 21.1 Å². The largest absolute Gasteiger partial charge is 0.382 e. The molecule has 0 amide bonds. The number of methoxy groups -OCH3 is 1. The molecule has 0 heterocycles. The molecule has 108 valence electrons. The van der Waals surface area contributed by atoms with E-state index in [1.165, 1.54) is 6.07 Å². The first-order valence-corrected chi connectivity index (χ1v) is 6.79. The Labute approximate surface area is 119 Å². The lowest BCUT2D eigenvalue weighted by molar-refractivity contribution is 0.0589. The third-order valence-electron chi connectivity index (χ3n) is 2.71. The van der Waals surface area contributed by atoms with Crippen molar-refractivity contribution in [1.29, 1.82) is 0 Å². The van der Waals surface area contributed by atoms with Gasteiger partial charge in [-0.1, -0.05) is 24.6 Å². The van der Waals surface area contributed by atoms with Gasteiger partial charge in [-0.15, -0.1) is 0 Å². The highest BCUT2D eigenvalue weighted by atomic mass is 35.5. The standard InChI is InChI=1S/C14H21ClFNO2/c1-3-17-12(10-19-7-6-18-2)8-11-4-5-14(16)13(15)9-11/h4-5,9,12,17H,3,6-8,10H2,1-2H3. The van der Waals surface area contributed by atoms with E-state index >= 15 is 0 Å². The Hall–Kier alpha value is -0.680. The zero-order chi connectivity index (χ0) is 14.1.